The molecule has 1 N–H and O–H groups in total. The van der Waals surface area contributed by atoms with Crippen LogP contribution in [0.5, 0.6) is 0 Å². The highest BCUT2D eigenvalue weighted by molar-refractivity contribution is 7.98. The molecular formula is C27H24N4O2S. The number of aromatic nitrogens is 2. The first-order chi connectivity index (χ1) is 16.5. The number of carbonyl (C=O) groups is 2. The lowest BCUT2D eigenvalue weighted by molar-refractivity contribution is 0.0986. The molecule has 0 atom stereocenters. The van der Waals surface area contributed by atoms with Gasteiger partial charge in [0.1, 0.15) is 0 Å². The fraction of sp³-hybridized carbons (Fsp3) is 0.148. The van der Waals surface area contributed by atoms with E-state index in [1.165, 1.54) is 11.8 Å². The zero-order chi connectivity index (χ0) is 23.7. The molecule has 1 aromatic heterocycles. The number of carbonyl (C=O) groups excluding carboxylic acids is 2. The van der Waals surface area contributed by atoms with Gasteiger partial charge >= 0.3 is 0 Å². The molecule has 6 nitrogen and oxygen atoms in total. The van der Waals surface area contributed by atoms with Crippen molar-refractivity contribution in [1.29, 1.82) is 0 Å². The Morgan fingerprint density at radius 3 is 2.50 bits per heavy atom. The minimum absolute atomic E-state index is 0.0763. The number of aryl methyl sites for hydroxylation is 1. The average molecular weight is 469 g/mol. The van der Waals surface area contributed by atoms with Gasteiger partial charge in [0.05, 0.1) is 16.9 Å². The molecule has 0 fully saturated rings. The molecule has 0 bridgehead atoms. The van der Waals surface area contributed by atoms with E-state index in [4.69, 9.17) is 0 Å². The molecule has 7 heteroatoms. The van der Waals surface area contributed by atoms with Crippen LogP contribution < -0.4 is 10.2 Å². The maximum absolute atomic E-state index is 13.5. The van der Waals surface area contributed by atoms with Crippen LogP contribution in [0.3, 0.4) is 0 Å². The summed E-state index contributed by atoms with van der Waals surface area (Å²) in [5.41, 5.74) is 5.72. The molecule has 3 aromatic carbocycles. The largest absolute Gasteiger partial charge is 0.322 e. The number of amides is 2. The van der Waals surface area contributed by atoms with Gasteiger partial charge in [-0.1, -0.05) is 30.3 Å². The third-order valence-electron chi connectivity index (χ3n) is 5.95. The highest BCUT2D eigenvalue weighted by Crippen LogP contribution is 2.36. The summed E-state index contributed by atoms with van der Waals surface area (Å²) in [6.07, 6.45) is 4.70. The van der Waals surface area contributed by atoms with Gasteiger partial charge in [-0.25, -0.2) is 0 Å². The molecular weight excluding hydrogens is 444 g/mol. The maximum Gasteiger partial charge on any atom is 0.258 e. The number of thioether (sulfide) groups is 1. The summed E-state index contributed by atoms with van der Waals surface area (Å²) in [6.45, 7) is 0.568. The van der Waals surface area contributed by atoms with E-state index in [9.17, 15) is 9.59 Å². The Morgan fingerprint density at radius 2 is 1.71 bits per heavy atom. The SMILES string of the molecule is CSc1ccccc1C(=O)Nc1ccc(C(=O)N2CCc3cn(C)nc3-c3ccccc32)cc1. The van der Waals surface area contributed by atoms with Crippen LogP contribution in [0.2, 0.25) is 0 Å². The summed E-state index contributed by atoms with van der Waals surface area (Å²) in [5.74, 6) is -0.247. The smallest absolute Gasteiger partial charge is 0.258 e. The van der Waals surface area contributed by atoms with Crippen molar-refractivity contribution in [1.82, 2.24) is 9.78 Å². The van der Waals surface area contributed by atoms with Crippen LogP contribution in [0.1, 0.15) is 26.3 Å². The Labute approximate surface area is 202 Å². The normalized spacial score (nSPS) is 12.5. The van der Waals surface area contributed by atoms with Crippen molar-refractivity contribution < 1.29 is 9.59 Å². The number of hydrogen-bond donors (Lipinski definition) is 1. The van der Waals surface area contributed by atoms with E-state index in [2.05, 4.69) is 10.4 Å². The van der Waals surface area contributed by atoms with E-state index >= 15 is 0 Å². The lowest BCUT2D eigenvalue weighted by atomic mass is 10.1. The number of nitrogens with zero attached hydrogens (tertiary/aromatic N) is 3. The van der Waals surface area contributed by atoms with E-state index < -0.39 is 0 Å². The number of hydrogen-bond acceptors (Lipinski definition) is 4. The Kier molecular flexibility index (Phi) is 5.94. The van der Waals surface area contributed by atoms with Gasteiger partial charge in [0, 0.05) is 41.5 Å². The topological polar surface area (TPSA) is 67.2 Å². The van der Waals surface area contributed by atoms with Gasteiger partial charge in [-0.15, -0.1) is 11.8 Å². The summed E-state index contributed by atoms with van der Waals surface area (Å²) in [7, 11) is 1.92. The second-order valence-electron chi connectivity index (χ2n) is 8.13. The van der Waals surface area contributed by atoms with Crippen molar-refractivity contribution in [2.75, 3.05) is 23.0 Å². The van der Waals surface area contributed by atoms with Crippen molar-refractivity contribution in [2.45, 2.75) is 11.3 Å². The van der Waals surface area contributed by atoms with Crippen LogP contribution in [0.4, 0.5) is 11.4 Å². The van der Waals surface area contributed by atoms with Crippen molar-refractivity contribution in [2.24, 2.45) is 7.05 Å². The van der Waals surface area contributed by atoms with E-state index in [1.54, 1.807) is 24.3 Å². The lowest BCUT2D eigenvalue weighted by Crippen LogP contribution is -2.32. The summed E-state index contributed by atoms with van der Waals surface area (Å²) in [5, 5.41) is 7.56. The van der Waals surface area contributed by atoms with Crippen molar-refractivity contribution in [3.63, 3.8) is 0 Å². The van der Waals surface area contributed by atoms with Crippen LogP contribution >= 0.6 is 11.8 Å². The van der Waals surface area contributed by atoms with Gasteiger partial charge in [0.2, 0.25) is 0 Å². The second-order valence-corrected chi connectivity index (χ2v) is 8.98. The van der Waals surface area contributed by atoms with E-state index in [0.717, 1.165) is 33.8 Å². The van der Waals surface area contributed by atoms with Crippen LogP contribution in [-0.2, 0) is 13.5 Å². The van der Waals surface area contributed by atoms with Crippen LogP contribution in [0.25, 0.3) is 11.3 Å². The van der Waals surface area contributed by atoms with Gasteiger partial charge in [-0.3, -0.25) is 14.3 Å². The Bertz CT molecular complexity index is 1380. The van der Waals surface area contributed by atoms with Crippen molar-refractivity contribution >= 4 is 35.0 Å². The fourth-order valence-electron chi connectivity index (χ4n) is 4.30. The predicted molar refractivity (Wildman–Crippen MR) is 137 cm³/mol. The maximum atomic E-state index is 13.5. The zero-order valence-electron chi connectivity index (χ0n) is 19.0. The minimum atomic E-state index is -0.170. The van der Waals surface area contributed by atoms with E-state index in [-0.39, 0.29) is 11.8 Å². The number of fused-ring (bicyclic) bond motifs is 3. The number of benzene rings is 3. The van der Waals surface area contributed by atoms with Gasteiger partial charge < -0.3 is 10.2 Å². The standard InChI is InChI=1S/C27H24N4O2S/c1-30-17-19-15-16-31(23-9-5-3-7-21(23)25(19)29-30)27(33)18-11-13-20(14-12-18)28-26(32)22-8-4-6-10-24(22)34-2/h3-14,17H,15-16H2,1-2H3,(H,28,32). The molecule has 0 spiro atoms. The molecule has 34 heavy (non-hydrogen) atoms. The molecule has 2 heterocycles. The Balaban J connectivity index is 1.38. The number of para-hydroxylation sites is 1. The Morgan fingerprint density at radius 1 is 0.971 bits per heavy atom. The van der Waals surface area contributed by atoms with Crippen LogP contribution in [-0.4, -0.2) is 34.4 Å². The van der Waals surface area contributed by atoms with E-state index in [0.29, 0.717) is 23.4 Å². The van der Waals surface area contributed by atoms with Gasteiger partial charge in [-0.2, -0.15) is 5.10 Å². The zero-order valence-corrected chi connectivity index (χ0v) is 19.8. The lowest BCUT2D eigenvalue weighted by Gasteiger charge is -2.23. The Hall–Kier alpha value is -3.84. The first kappa shape index (κ1) is 22.0. The molecule has 0 saturated carbocycles. The molecule has 2 amide bonds. The molecule has 1 aliphatic rings. The number of rotatable bonds is 4. The summed E-state index contributed by atoms with van der Waals surface area (Å²) >= 11 is 1.53. The molecule has 1 aliphatic heterocycles. The quantitative estimate of drug-likeness (QED) is 0.415. The number of nitrogens with one attached hydrogen (secondary N) is 1. The monoisotopic (exact) mass is 468 g/mol. The highest BCUT2D eigenvalue weighted by atomic mass is 32.2. The van der Waals surface area contributed by atoms with Gasteiger partial charge in [0.25, 0.3) is 11.8 Å². The first-order valence-corrected chi connectivity index (χ1v) is 12.3. The molecule has 0 aliphatic carbocycles. The highest BCUT2D eigenvalue weighted by Gasteiger charge is 2.26. The van der Waals surface area contributed by atoms with Gasteiger partial charge in [-0.05, 0) is 60.7 Å². The summed E-state index contributed by atoms with van der Waals surface area (Å²) < 4.78 is 1.82. The average Bonchev–Trinajstić information content (AvgIpc) is 3.17. The third-order valence-corrected chi connectivity index (χ3v) is 6.74. The third kappa shape index (κ3) is 4.10. The predicted octanol–water partition coefficient (Wildman–Crippen LogP) is 5.26. The molecule has 0 saturated heterocycles. The summed E-state index contributed by atoms with van der Waals surface area (Å²) in [4.78, 5) is 29.0. The fourth-order valence-corrected chi connectivity index (χ4v) is 4.90. The minimum Gasteiger partial charge on any atom is -0.322 e. The van der Waals surface area contributed by atoms with Crippen molar-refractivity contribution in [3.8, 4) is 11.3 Å². The molecule has 5 rings (SSSR count). The molecule has 4 aromatic rings. The molecule has 0 unspecified atom stereocenters. The van der Waals surface area contributed by atoms with Crippen LogP contribution in [0, 0.1) is 0 Å². The number of anilines is 2. The molecule has 170 valence electrons. The van der Waals surface area contributed by atoms with Gasteiger partial charge in [0.15, 0.2) is 0 Å². The second kappa shape index (κ2) is 9.19. The van der Waals surface area contributed by atoms with Crippen LogP contribution in [0.15, 0.2) is 83.9 Å². The summed E-state index contributed by atoms with van der Waals surface area (Å²) in [6, 6.07) is 22.5. The van der Waals surface area contributed by atoms with E-state index in [1.807, 2.05) is 77.6 Å². The molecule has 0 radical (unpaired) electrons. The first-order valence-electron chi connectivity index (χ1n) is 11.0. The van der Waals surface area contributed by atoms with Crippen molar-refractivity contribution in [3.05, 3.63) is 95.7 Å².